The van der Waals surface area contributed by atoms with Gasteiger partial charge in [0, 0.05) is 61.3 Å². The molecule has 0 amide bonds. The molecule has 1 aliphatic carbocycles. The molecule has 2 aromatic heterocycles. The fourth-order valence-electron chi connectivity index (χ4n) is 9.97. The third kappa shape index (κ3) is 5.15. The van der Waals surface area contributed by atoms with Crippen LogP contribution in [0.15, 0.2) is 211 Å². The topological polar surface area (TPSA) is 21.3 Å². The molecule has 0 bridgehead atoms. The predicted molar refractivity (Wildman–Crippen MR) is 251 cm³/mol. The van der Waals surface area contributed by atoms with Crippen LogP contribution >= 0.6 is 0 Å². The highest BCUT2D eigenvalue weighted by atomic mass is 16.3. The standard InChI is InChI=1S/C57H40N2O/c1-57(2)48-24-14-12-22-44(48)45-32-29-39(34-49(45)57)54-55-46-33-28-38(37-26-30-43(31-27-37)58(40-16-6-3-7-17-40)41-18-8-4-9-19-41)35-50(46)59(42-20-10-5-11-21-42)51(55)36-53-56(54)47-23-13-15-25-52(47)60-53/h3-36H,1-2H3. The van der Waals surface area contributed by atoms with E-state index in [2.05, 4.69) is 230 Å². The number of aromatic nitrogens is 1. The molecule has 0 fully saturated rings. The highest BCUT2D eigenvalue weighted by Gasteiger charge is 2.36. The molecule has 0 saturated carbocycles. The van der Waals surface area contributed by atoms with Gasteiger partial charge in [-0.15, -0.1) is 0 Å². The van der Waals surface area contributed by atoms with Gasteiger partial charge in [-0.05, 0) is 106 Å². The first-order valence-electron chi connectivity index (χ1n) is 20.8. The fourth-order valence-corrected chi connectivity index (χ4v) is 9.97. The van der Waals surface area contributed by atoms with Gasteiger partial charge < -0.3 is 13.9 Å². The maximum Gasteiger partial charge on any atom is 0.138 e. The number of anilines is 3. The van der Waals surface area contributed by atoms with E-state index in [-0.39, 0.29) is 5.41 Å². The van der Waals surface area contributed by atoms with Crippen LogP contribution in [0.25, 0.3) is 82.8 Å². The van der Waals surface area contributed by atoms with Gasteiger partial charge in [-0.3, -0.25) is 0 Å². The van der Waals surface area contributed by atoms with Crippen molar-refractivity contribution < 1.29 is 4.42 Å². The summed E-state index contributed by atoms with van der Waals surface area (Å²) in [6.07, 6.45) is 0. The number of rotatable bonds is 6. The van der Waals surface area contributed by atoms with Crippen LogP contribution in [0.1, 0.15) is 25.0 Å². The molecule has 9 aromatic carbocycles. The molecule has 0 radical (unpaired) electrons. The Morgan fingerprint density at radius 1 is 0.417 bits per heavy atom. The quantitative estimate of drug-likeness (QED) is 0.168. The summed E-state index contributed by atoms with van der Waals surface area (Å²) >= 11 is 0. The molecule has 284 valence electrons. The second kappa shape index (κ2) is 13.2. The molecule has 0 unspecified atom stereocenters. The van der Waals surface area contributed by atoms with E-state index in [4.69, 9.17) is 4.42 Å². The first kappa shape index (κ1) is 34.4. The van der Waals surface area contributed by atoms with Gasteiger partial charge >= 0.3 is 0 Å². The number of para-hydroxylation sites is 4. The van der Waals surface area contributed by atoms with Crippen molar-refractivity contribution in [3.05, 3.63) is 217 Å². The Labute approximate surface area is 349 Å². The van der Waals surface area contributed by atoms with Crippen molar-refractivity contribution in [2.24, 2.45) is 0 Å². The van der Waals surface area contributed by atoms with Crippen molar-refractivity contribution in [3.63, 3.8) is 0 Å². The Bertz CT molecular complexity index is 3390. The Balaban J connectivity index is 1.10. The molecular weight excluding hydrogens is 729 g/mol. The first-order chi connectivity index (χ1) is 29.5. The molecule has 0 atom stereocenters. The lowest BCUT2D eigenvalue weighted by Gasteiger charge is -2.25. The molecule has 0 spiro atoms. The summed E-state index contributed by atoms with van der Waals surface area (Å²) in [5, 5.41) is 4.72. The molecule has 0 aliphatic heterocycles. The van der Waals surface area contributed by atoms with Gasteiger partial charge in [-0.25, -0.2) is 0 Å². The number of nitrogens with zero attached hydrogens (tertiary/aromatic N) is 2. The average Bonchev–Trinajstić information content (AvgIpc) is 3.91. The van der Waals surface area contributed by atoms with Crippen LogP contribution in [0.3, 0.4) is 0 Å². The summed E-state index contributed by atoms with van der Waals surface area (Å²) < 4.78 is 9.19. The molecule has 2 heterocycles. The van der Waals surface area contributed by atoms with Crippen LogP contribution < -0.4 is 4.90 Å². The van der Waals surface area contributed by atoms with Crippen LogP contribution in [-0.4, -0.2) is 4.57 Å². The van der Waals surface area contributed by atoms with Crippen LogP contribution in [0.4, 0.5) is 17.1 Å². The van der Waals surface area contributed by atoms with Gasteiger partial charge in [-0.1, -0.05) is 147 Å². The number of furan rings is 1. The summed E-state index contributed by atoms with van der Waals surface area (Å²) in [6.45, 7) is 4.72. The minimum Gasteiger partial charge on any atom is -0.456 e. The van der Waals surface area contributed by atoms with Crippen LogP contribution in [0.5, 0.6) is 0 Å². The number of hydrogen-bond donors (Lipinski definition) is 0. The maximum absolute atomic E-state index is 6.76. The van der Waals surface area contributed by atoms with Gasteiger partial charge in [0.25, 0.3) is 0 Å². The predicted octanol–water partition coefficient (Wildman–Crippen LogP) is 15.8. The summed E-state index contributed by atoms with van der Waals surface area (Å²) in [7, 11) is 0. The van der Waals surface area contributed by atoms with Crippen LogP contribution in [0, 0.1) is 0 Å². The van der Waals surface area contributed by atoms with E-state index in [1.54, 1.807) is 0 Å². The molecule has 0 N–H and O–H groups in total. The second-order valence-corrected chi connectivity index (χ2v) is 16.5. The zero-order valence-corrected chi connectivity index (χ0v) is 33.4. The molecular formula is C57H40N2O. The van der Waals surface area contributed by atoms with Crippen molar-refractivity contribution >= 4 is 60.8 Å². The maximum atomic E-state index is 6.76. The summed E-state index contributed by atoms with van der Waals surface area (Å²) in [4.78, 5) is 2.31. The van der Waals surface area contributed by atoms with E-state index in [0.29, 0.717) is 0 Å². The third-order valence-corrected chi connectivity index (χ3v) is 12.8. The second-order valence-electron chi connectivity index (χ2n) is 16.5. The minimum absolute atomic E-state index is 0.130. The Morgan fingerprint density at radius 2 is 1.02 bits per heavy atom. The third-order valence-electron chi connectivity index (χ3n) is 12.8. The molecule has 12 rings (SSSR count). The molecule has 1 aliphatic rings. The van der Waals surface area contributed by atoms with E-state index in [0.717, 1.165) is 66.8 Å². The van der Waals surface area contributed by atoms with Gasteiger partial charge in [-0.2, -0.15) is 0 Å². The zero-order valence-electron chi connectivity index (χ0n) is 33.4. The minimum atomic E-state index is -0.130. The van der Waals surface area contributed by atoms with Gasteiger partial charge in [0.15, 0.2) is 0 Å². The monoisotopic (exact) mass is 768 g/mol. The van der Waals surface area contributed by atoms with Crippen molar-refractivity contribution in [2.75, 3.05) is 4.90 Å². The lowest BCUT2D eigenvalue weighted by Crippen LogP contribution is -2.14. The Morgan fingerprint density at radius 3 is 1.77 bits per heavy atom. The van der Waals surface area contributed by atoms with Crippen molar-refractivity contribution in [2.45, 2.75) is 19.3 Å². The molecule has 3 nitrogen and oxygen atoms in total. The van der Waals surface area contributed by atoms with E-state index in [1.807, 2.05) is 0 Å². The zero-order chi connectivity index (χ0) is 40.0. The normalized spacial score (nSPS) is 13.0. The number of fused-ring (bicyclic) bond motifs is 9. The van der Waals surface area contributed by atoms with Crippen molar-refractivity contribution in [1.82, 2.24) is 4.57 Å². The average molecular weight is 769 g/mol. The lowest BCUT2D eigenvalue weighted by atomic mass is 9.81. The number of hydrogen-bond acceptors (Lipinski definition) is 2. The summed E-state index contributed by atoms with van der Waals surface area (Å²) in [6, 6.07) is 74.6. The first-order valence-corrected chi connectivity index (χ1v) is 20.8. The molecule has 11 aromatic rings. The lowest BCUT2D eigenvalue weighted by molar-refractivity contribution is 0.660. The molecule has 0 saturated heterocycles. The van der Waals surface area contributed by atoms with Gasteiger partial charge in [0.05, 0.1) is 11.0 Å². The molecule has 60 heavy (non-hydrogen) atoms. The van der Waals surface area contributed by atoms with Crippen molar-refractivity contribution in [3.8, 4) is 39.1 Å². The van der Waals surface area contributed by atoms with Crippen LogP contribution in [-0.2, 0) is 5.41 Å². The smallest absolute Gasteiger partial charge is 0.138 e. The highest BCUT2D eigenvalue weighted by Crippen LogP contribution is 2.52. The SMILES string of the molecule is CC1(C)c2ccccc2-c2ccc(-c3c4c(cc5c3c3ccc(-c6ccc(N(c7ccccc7)c7ccccc7)cc6)cc3n5-c3ccccc3)oc3ccccc34)cc21. The van der Waals surface area contributed by atoms with Crippen LogP contribution in [0.2, 0.25) is 0 Å². The Hall–Kier alpha value is -7.62. The van der Waals surface area contributed by atoms with E-state index >= 15 is 0 Å². The highest BCUT2D eigenvalue weighted by molar-refractivity contribution is 6.27. The largest absolute Gasteiger partial charge is 0.456 e. The van der Waals surface area contributed by atoms with Gasteiger partial charge in [0.1, 0.15) is 11.2 Å². The molecule has 3 heteroatoms. The van der Waals surface area contributed by atoms with E-state index in [9.17, 15) is 0 Å². The Kier molecular flexibility index (Phi) is 7.58. The van der Waals surface area contributed by atoms with Gasteiger partial charge in [0.2, 0.25) is 0 Å². The summed E-state index contributed by atoms with van der Waals surface area (Å²) in [5.41, 5.74) is 18.5. The van der Waals surface area contributed by atoms with E-state index < -0.39 is 0 Å². The summed E-state index contributed by atoms with van der Waals surface area (Å²) in [5.74, 6) is 0. The van der Waals surface area contributed by atoms with E-state index in [1.165, 1.54) is 44.2 Å². The van der Waals surface area contributed by atoms with Crippen molar-refractivity contribution in [1.29, 1.82) is 0 Å². The number of benzene rings is 9. The fraction of sp³-hybridized carbons (Fsp3) is 0.0526.